The molecule has 0 spiro atoms. The molecule has 2 atom stereocenters. The van der Waals surface area contributed by atoms with Gasteiger partial charge in [-0.05, 0) is 41.5 Å². The Labute approximate surface area is 221 Å². The maximum atomic E-state index is 12.4. The first kappa shape index (κ1) is 33.3. The predicted molar refractivity (Wildman–Crippen MR) is 140 cm³/mol. The third-order valence-corrected chi connectivity index (χ3v) is 5.91. The van der Waals surface area contributed by atoms with E-state index < -0.39 is 47.4 Å². The molecule has 2 amide bonds. The smallest absolute Gasteiger partial charge is 0.408 e. The minimum absolute atomic E-state index is 0.00498. The fourth-order valence-electron chi connectivity index (χ4n) is 2.09. The van der Waals surface area contributed by atoms with Crippen molar-refractivity contribution in [1.29, 1.82) is 0 Å². The van der Waals surface area contributed by atoms with Crippen LogP contribution in [0.25, 0.3) is 0 Å². The summed E-state index contributed by atoms with van der Waals surface area (Å²) in [6, 6.07) is -2.06. The second-order valence-corrected chi connectivity index (χ2v) is 11.8. The molecular weight excluding hydrogens is 508 g/mol. The monoisotopic (exact) mass is 544 g/mol. The molecule has 10 nitrogen and oxygen atoms in total. The number of rotatable bonds is 13. The number of ether oxygens (including phenoxy) is 4. The van der Waals surface area contributed by atoms with Gasteiger partial charge in [-0.25, -0.2) is 19.2 Å². The first-order valence-corrected chi connectivity index (χ1v) is 13.6. The van der Waals surface area contributed by atoms with Crippen molar-refractivity contribution >= 4 is 45.7 Å². The Bertz CT molecular complexity index is 754. The van der Waals surface area contributed by atoms with E-state index in [1.54, 1.807) is 41.5 Å². The van der Waals surface area contributed by atoms with Crippen LogP contribution in [0.3, 0.4) is 0 Å². The molecule has 0 fully saturated rings. The number of hydrogen-bond donors (Lipinski definition) is 2. The second kappa shape index (κ2) is 16.9. The molecule has 12 heteroatoms. The van der Waals surface area contributed by atoms with Crippen molar-refractivity contribution in [2.45, 2.75) is 77.7 Å². The van der Waals surface area contributed by atoms with Gasteiger partial charge in [-0.15, -0.1) is 24.7 Å². The molecule has 2 N–H and O–H groups in total. The lowest BCUT2D eigenvalue weighted by atomic mass is 10.2. The van der Waals surface area contributed by atoms with E-state index in [4.69, 9.17) is 31.8 Å². The van der Waals surface area contributed by atoms with Crippen molar-refractivity contribution in [1.82, 2.24) is 10.6 Å². The minimum atomic E-state index is -1.03. The summed E-state index contributed by atoms with van der Waals surface area (Å²) in [4.78, 5) is 49.2. The molecule has 0 aliphatic carbocycles. The normalized spacial score (nSPS) is 12.7. The second-order valence-electron chi connectivity index (χ2n) is 9.21. The van der Waals surface area contributed by atoms with Gasteiger partial charge in [0, 0.05) is 24.3 Å². The number of esters is 2. The van der Waals surface area contributed by atoms with Gasteiger partial charge < -0.3 is 29.6 Å². The van der Waals surface area contributed by atoms with Crippen LogP contribution >= 0.6 is 21.6 Å². The third kappa shape index (κ3) is 17.7. The highest BCUT2D eigenvalue weighted by Gasteiger charge is 2.28. The summed E-state index contributed by atoms with van der Waals surface area (Å²) >= 11 is 0. The van der Waals surface area contributed by atoms with E-state index in [0.29, 0.717) is 0 Å². The Hall–Kier alpha value is -2.70. The molecule has 0 aliphatic heterocycles. The molecule has 0 saturated carbocycles. The molecule has 0 aromatic carbocycles. The molecule has 36 heavy (non-hydrogen) atoms. The summed E-state index contributed by atoms with van der Waals surface area (Å²) < 4.78 is 20.6. The van der Waals surface area contributed by atoms with E-state index in [1.807, 2.05) is 0 Å². The van der Waals surface area contributed by atoms with Gasteiger partial charge in [-0.3, -0.25) is 0 Å². The van der Waals surface area contributed by atoms with Crippen LogP contribution in [0.5, 0.6) is 0 Å². The molecule has 0 rings (SSSR count). The number of amides is 2. The van der Waals surface area contributed by atoms with Crippen molar-refractivity contribution in [3.8, 4) is 24.7 Å². The maximum absolute atomic E-state index is 12.4. The van der Waals surface area contributed by atoms with Gasteiger partial charge in [-0.1, -0.05) is 21.6 Å². The summed E-state index contributed by atoms with van der Waals surface area (Å²) in [5, 5.41) is 4.96. The molecule has 0 saturated heterocycles. The van der Waals surface area contributed by atoms with Crippen molar-refractivity contribution in [3.05, 3.63) is 0 Å². The number of alkyl carbamates (subject to hydrolysis) is 2. The van der Waals surface area contributed by atoms with Crippen LogP contribution in [-0.4, -0.2) is 72.1 Å². The average Bonchev–Trinajstić information content (AvgIpc) is 2.72. The molecular formula is C24H36N2O8S2. The molecule has 0 aliphatic rings. The van der Waals surface area contributed by atoms with E-state index in [9.17, 15) is 19.2 Å². The standard InChI is InChI=1S/C24H36N2O8S2/c1-9-11-13-31-19(27)17(25-21(29)33-23(3,4)5)15-35-36-16-18(20(28)32-14-12-10-2)26-22(30)34-24(6,7)8/h1-2,17-18H,11-16H2,3-8H3,(H,25,29)(H,26,30)/t17-,18-/m0/s1. The van der Waals surface area contributed by atoms with Crippen LogP contribution in [0.4, 0.5) is 9.59 Å². The first-order chi connectivity index (χ1) is 16.7. The highest BCUT2D eigenvalue weighted by molar-refractivity contribution is 8.76. The van der Waals surface area contributed by atoms with Crippen LogP contribution < -0.4 is 10.6 Å². The zero-order chi connectivity index (χ0) is 27.8. The Morgan fingerprint density at radius 1 is 0.722 bits per heavy atom. The van der Waals surface area contributed by atoms with E-state index in [-0.39, 0.29) is 37.6 Å². The zero-order valence-electron chi connectivity index (χ0n) is 21.6. The summed E-state index contributed by atoms with van der Waals surface area (Å²) in [6.45, 7) is 10.2. The molecule has 0 radical (unpaired) electrons. The highest BCUT2D eigenvalue weighted by Crippen LogP contribution is 2.24. The van der Waals surface area contributed by atoms with E-state index in [2.05, 4.69) is 22.5 Å². The van der Waals surface area contributed by atoms with Gasteiger partial charge in [0.1, 0.15) is 36.5 Å². The lowest BCUT2D eigenvalue weighted by Crippen LogP contribution is -2.46. The number of carbonyl (C=O) groups excluding carboxylic acids is 4. The number of hydrogen-bond acceptors (Lipinski definition) is 10. The number of terminal acetylenes is 2. The average molecular weight is 545 g/mol. The predicted octanol–water partition coefficient (Wildman–Crippen LogP) is 3.29. The summed E-state index contributed by atoms with van der Waals surface area (Å²) in [5.41, 5.74) is -1.52. The Morgan fingerprint density at radius 2 is 1.06 bits per heavy atom. The Balaban J connectivity index is 5.11. The summed E-state index contributed by atoms with van der Waals surface area (Å²) in [7, 11) is 2.35. The van der Waals surface area contributed by atoms with Crippen molar-refractivity contribution in [2.24, 2.45) is 0 Å². The largest absolute Gasteiger partial charge is 0.463 e. The molecule has 0 bridgehead atoms. The van der Waals surface area contributed by atoms with E-state index in [0.717, 1.165) is 0 Å². The topological polar surface area (TPSA) is 129 Å². The summed E-state index contributed by atoms with van der Waals surface area (Å²) in [6.07, 6.45) is 9.24. The van der Waals surface area contributed by atoms with Crippen LogP contribution in [0, 0.1) is 24.7 Å². The van der Waals surface area contributed by atoms with Gasteiger partial charge >= 0.3 is 24.1 Å². The zero-order valence-corrected chi connectivity index (χ0v) is 23.3. The van der Waals surface area contributed by atoms with Gasteiger partial charge in [0.25, 0.3) is 0 Å². The van der Waals surface area contributed by atoms with Crippen molar-refractivity contribution in [2.75, 3.05) is 24.7 Å². The van der Waals surface area contributed by atoms with Gasteiger partial charge in [0.15, 0.2) is 0 Å². The van der Waals surface area contributed by atoms with Gasteiger partial charge in [0.05, 0.1) is 0 Å². The van der Waals surface area contributed by atoms with Crippen LogP contribution in [0.1, 0.15) is 54.4 Å². The van der Waals surface area contributed by atoms with E-state index >= 15 is 0 Å². The minimum Gasteiger partial charge on any atom is -0.463 e. The summed E-state index contributed by atoms with van der Waals surface area (Å²) in [5.74, 6) is 3.53. The first-order valence-electron chi connectivity index (χ1n) is 11.1. The van der Waals surface area contributed by atoms with Crippen LogP contribution in [-0.2, 0) is 28.5 Å². The van der Waals surface area contributed by atoms with Gasteiger partial charge in [-0.2, -0.15) is 0 Å². The van der Waals surface area contributed by atoms with Crippen LogP contribution in [0.2, 0.25) is 0 Å². The number of carbonyl (C=O) groups is 4. The SMILES string of the molecule is C#CCCOC(=O)[C@H](CSSC[C@H](NC(=O)OC(C)(C)C)C(=O)OCCC#C)NC(=O)OC(C)(C)C. The number of nitrogens with one attached hydrogen (secondary N) is 2. The molecule has 202 valence electrons. The van der Waals surface area contributed by atoms with E-state index in [1.165, 1.54) is 21.6 Å². The quantitative estimate of drug-likeness (QED) is 0.117. The highest BCUT2D eigenvalue weighted by atomic mass is 33.1. The Kier molecular flexibility index (Phi) is 15.6. The third-order valence-electron chi connectivity index (χ3n) is 3.49. The molecule has 0 unspecified atom stereocenters. The molecule has 0 heterocycles. The lowest BCUT2D eigenvalue weighted by Gasteiger charge is -2.23. The van der Waals surface area contributed by atoms with Crippen LogP contribution in [0.15, 0.2) is 0 Å². The lowest BCUT2D eigenvalue weighted by molar-refractivity contribution is -0.146. The maximum Gasteiger partial charge on any atom is 0.408 e. The molecule has 0 aromatic heterocycles. The fraction of sp³-hybridized carbons (Fsp3) is 0.667. The van der Waals surface area contributed by atoms with Crippen molar-refractivity contribution < 1.29 is 38.1 Å². The molecule has 0 aromatic rings. The van der Waals surface area contributed by atoms with Gasteiger partial charge in [0.2, 0.25) is 0 Å². The Morgan fingerprint density at radius 3 is 1.33 bits per heavy atom. The fourth-order valence-corrected chi connectivity index (χ4v) is 4.39. The van der Waals surface area contributed by atoms with Crippen molar-refractivity contribution in [3.63, 3.8) is 0 Å².